The molecule has 2 aromatic rings. The molecule has 1 atom stereocenters. The van der Waals surface area contributed by atoms with Crippen LogP contribution in [0.15, 0.2) is 24.3 Å². The van der Waals surface area contributed by atoms with Crippen LogP contribution in [0.5, 0.6) is 0 Å². The number of hydrogen-bond donors (Lipinski definition) is 1. The zero-order valence-corrected chi connectivity index (χ0v) is 12.4. The van der Waals surface area contributed by atoms with Crippen LogP contribution in [0.1, 0.15) is 48.0 Å². The first-order valence-corrected chi connectivity index (χ1v) is 7.43. The van der Waals surface area contributed by atoms with Gasteiger partial charge in [0.25, 0.3) is 0 Å². The third kappa shape index (κ3) is 2.07. The van der Waals surface area contributed by atoms with Gasteiger partial charge in [0.1, 0.15) is 11.6 Å². The van der Waals surface area contributed by atoms with E-state index >= 15 is 0 Å². The molecule has 1 aromatic heterocycles. The second kappa shape index (κ2) is 5.23. The molecular weight excluding hydrogens is 246 g/mol. The maximum atomic E-state index is 4.80. The number of anilines is 1. The molecule has 1 aliphatic rings. The third-order valence-electron chi connectivity index (χ3n) is 4.11. The number of aryl methyl sites for hydroxylation is 1. The molecule has 0 saturated carbocycles. The molecule has 1 heterocycles. The summed E-state index contributed by atoms with van der Waals surface area (Å²) in [6.45, 7) is 7.26. The molecule has 0 radical (unpaired) electrons. The highest BCUT2D eigenvalue weighted by Crippen LogP contribution is 2.39. The van der Waals surface area contributed by atoms with Crippen molar-refractivity contribution in [2.75, 3.05) is 11.9 Å². The fourth-order valence-corrected chi connectivity index (χ4v) is 2.91. The summed E-state index contributed by atoms with van der Waals surface area (Å²) in [4.78, 5) is 9.57. The lowest BCUT2D eigenvalue weighted by Crippen LogP contribution is -2.22. The van der Waals surface area contributed by atoms with E-state index in [1.807, 2.05) is 0 Å². The Hall–Kier alpha value is -1.90. The minimum Gasteiger partial charge on any atom is -0.370 e. The van der Waals surface area contributed by atoms with Gasteiger partial charge in [-0.3, -0.25) is 0 Å². The topological polar surface area (TPSA) is 37.8 Å². The molecule has 0 fully saturated rings. The van der Waals surface area contributed by atoms with Crippen molar-refractivity contribution in [1.82, 2.24) is 9.97 Å². The van der Waals surface area contributed by atoms with Gasteiger partial charge in [-0.25, -0.2) is 9.97 Å². The Bertz CT molecular complexity index is 634. The Kier molecular flexibility index (Phi) is 3.43. The van der Waals surface area contributed by atoms with E-state index in [-0.39, 0.29) is 0 Å². The molecule has 1 aromatic carbocycles. The summed E-state index contributed by atoms with van der Waals surface area (Å²) in [5.41, 5.74) is 5.17. The molecule has 1 unspecified atom stereocenters. The van der Waals surface area contributed by atoms with E-state index in [4.69, 9.17) is 9.97 Å². The Morgan fingerprint density at radius 3 is 2.70 bits per heavy atom. The van der Waals surface area contributed by atoms with Crippen molar-refractivity contribution in [1.29, 1.82) is 0 Å². The molecule has 3 rings (SSSR count). The summed E-state index contributed by atoms with van der Waals surface area (Å²) in [6.07, 6.45) is 2.02. The largest absolute Gasteiger partial charge is 0.370 e. The van der Waals surface area contributed by atoms with Crippen molar-refractivity contribution in [3.05, 3.63) is 52.5 Å². The van der Waals surface area contributed by atoms with Crippen LogP contribution in [-0.2, 0) is 12.8 Å². The predicted molar refractivity (Wildman–Crippen MR) is 82.3 cm³/mol. The maximum Gasteiger partial charge on any atom is 0.138 e. The first kappa shape index (κ1) is 13.1. The fraction of sp³-hybridized carbons (Fsp3) is 0.412. The Morgan fingerprint density at radius 1 is 1.20 bits per heavy atom. The van der Waals surface area contributed by atoms with E-state index in [1.165, 1.54) is 16.7 Å². The second-order valence-corrected chi connectivity index (χ2v) is 5.34. The monoisotopic (exact) mass is 267 g/mol. The number of rotatable bonds is 4. The van der Waals surface area contributed by atoms with Gasteiger partial charge in [0.2, 0.25) is 0 Å². The SMILES string of the molecule is CCNc1nc(C2Cc3ccccc32)nc(CC)c1C. The van der Waals surface area contributed by atoms with E-state index in [9.17, 15) is 0 Å². The van der Waals surface area contributed by atoms with Crippen LogP contribution >= 0.6 is 0 Å². The molecule has 0 spiro atoms. The molecule has 0 bridgehead atoms. The van der Waals surface area contributed by atoms with Gasteiger partial charge in [-0.15, -0.1) is 0 Å². The van der Waals surface area contributed by atoms with E-state index in [1.54, 1.807) is 0 Å². The normalized spacial score (nSPS) is 16.4. The van der Waals surface area contributed by atoms with Crippen LogP contribution < -0.4 is 5.32 Å². The van der Waals surface area contributed by atoms with Gasteiger partial charge >= 0.3 is 0 Å². The lowest BCUT2D eigenvalue weighted by Gasteiger charge is -2.29. The Morgan fingerprint density at radius 2 is 2.00 bits per heavy atom. The minimum absolute atomic E-state index is 0.370. The van der Waals surface area contributed by atoms with Gasteiger partial charge < -0.3 is 5.32 Å². The van der Waals surface area contributed by atoms with E-state index in [0.29, 0.717) is 5.92 Å². The van der Waals surface area contributed by atoms with E-state index in [2.05, 4.69) is 50.4 Å². The quantitative estimate of drug-likeness (QED) is 0.921. The number of nitrogens with zero attached hydrogens (tertiary/aromatic N) is 2. The molecule has 3 heteroatoms. The second-order valence-electron chi connectivity index (χ2n) is 5.34. The van der Waals surface area contributed by atoms with Crippen molar-refractivity contribution in [3.8, 4) is 0 Å². The summed E-state index contributed by atoms with van der Waals surface area (Å²) >= 11 is 0. The van der Waals surface area contributed by atoms with Gasteiger partial charge in [0, 0.05) is 23.7 Å². The summed E-state index contributed by atoms with van der Waals surface area (Å²) in [5.74, 6) is 2.34. The number of fused-ring (bicyclic) bond motifs is 1. The first-order chi connectivity index (χ1) is 9.74. The summed E-state index contributed by atoms with van der Waals surface area (Å²) in [5, 5.41) is 3.37. The zero-order chi connectivity index (χ0) is 14.1. The van der Waals surface area contributed by atoms with Crippen molar-refractivity contribution in [2.45, 2.75) is 39.5 Å². The predicted octanol–water partition coefficient (Wildman–Crippen LogP) is 3.47. The number of aromatic nitrogens is 2. The molecule has 3 nitrogen and oxygen atoms in total. The summed E-state index contributed by atoms with van der Waals surface area (Å²) in [7, 11) is 0. The summed E-state index contributed by atoms with van der Waals surface area (Å²) in [6, 6.07) is 8.61. The lowest BCUT2D eigenvalue weighted by molar-refractivity contribution is 0.653. The van der Waals surface area contributed by atoms with Crippen molar-refractivity contribution >= 4 is 5.82 Å². The Labute approximate surface area is 120 Å². The first-order valence-electron chi connectivity index (χ1n) is 7.43. The van der Waals surface area contributed by atoms with Crippen molar-refractivity contribution < 1.29 is 0 Å². The maximum absolute atomic E-state index is 4.80. The van der Waals surface area contributed by atoms with E-state index < -0.39 is 0 Å². The van der Waals surface area contributed by atoms with Gasteiger partial charge in [0.05, 0.1) is 0 Å². The van der Waals surface area contributed by atoms with Crippen molar-refractivity contribution in [3.63, 3.8) is 0 Å². The van der Waals surface area contributed by atoms with Gasteiger partial charge in [-0.1, -0.05) is 31.2 Å². The molecule has 0 saturated heterocycles. The number of hydrogen-bond acceptors (Lipinski definition) is 3. The standard InChI is InChI=1S/C17H21N3/c1-4-15-11(3)16(18-5-2)20-17(19-15)14-10-12-8-6-7-9-13(12)14/h6-9,14H,4-5,10H2,1-3H3,(H,18,19,20). The van der Waals surface area contributed by atoms with E-state index in [0.717, 1.165) is 36.7 Å². The Balaban J connectivity index is 2.01. The molecule has 0 aliphatic heterocycles. The molecule has 104 valence electrons. The van der Waals surface area contributed by atoms with Crippen LogP contribution in [-0.4, -0.2) is 16.5 Å². The minimum atomic E-state index is 0.370. The van der Waals surface area contributed by atoms with Gasteiger partial charge in [0.15, 0.2) is 0 Å². The van der Waals surface area contributed by atoms with Crippen LogP contribution in [0.25, 0.3) is 0 Å². The molecular formula is C17H21N3. The molecule has 1 aliphatic carbocycles. The highest BCUT2D eigenvalue weighted by molar-refractivity contribution is 5.49. The molecule has 20 heavy (non-hydrogen) atoms. The smallest absolute Gasteiger partial charge is 0.138 e. The number of benzene rings is 1. The number of nitrogens with one attached hydrogen (secondary N) is 1. The lowest BCUT2D eigenvalue weighted by atomic mass is 9.77. The molecule has 0 amide bonds. The van der Waals surface area contributed by atoms with Crippen LogP contribution in [0.4, 0.5) is 5.82 Å². The van der Waals surface area contributed by atoms with Crippen molar-refractivity contribution in [2.24, 2.45) is 0 Å². The van der Waals surface area contributed by atoms with Gasteiger partial charge in [-0.2, -0.15) is 0 Å². The average molecular weight is 267 g/mol. The highest BCUT2D eigenvalue weighted by Gasteiger charge is 2.30. The molecule has 1 N–H and O–H groups in total. The van der Waals surface area contributed by atoms with Crippen LogP contribution in [0.3, 0.4) is 0 Å². The zero-order valence-electron chi connectivity index (χ0n) is 12.4. The average Bonchev–Trinajstić information content (AvgIpc) is 2.43. The summed E-state index contributed by atoms with van der Waals surface area (Å²) < 4.78 is 0. The van der Waals surface area contributed by atoms with Gasteiger partial charge in [-0.05, 0) is 37.8 Å². The highest BCUT2D eigenvalue weighted by atomic mass is 15.0. The van der Waals surface area contributed by atoms with Crippen LogP contribution in [0, 0.1) is 6.92 Å². The van der Waals surface area contributed by atoms with Crippen LogP contribution in [0.2, 0.25) is 0 Å². The fourth-order valence-electron chi connectivity index (χ4n) is 2.91. The third-order valence-corrected chi connectivity index (χ3v) is 4.11.